The molecule has 76 valence electrons. The van der Waals surface area contributed by atoms with Crippen LogP contribution in [0.25, 0.3) is 0 Å². The zero-order chi connectivity index (χ0) is 10.3. The lowest BCUT2D eigenvalue weighted by atomic mass is 10.1. The van der Waals surface area contributed by atoms with Crippen LogP contribution in [0, 0.1) is 23.7 Å². The van der Waals surface area contributed by atoms with E-state index >= 15 is 0 Å². The van der Waals surface area contributed by atoms with Crippen molar-refractivity contribution in [1.82, 2.24) is 4.90 Å². The molecule has 0 rings (SSSR count). The van der Waals surface area contributed by atoms with Gasteiger partial charge in [0.1, 0.15) is 0 Å². The number of rotatable bonds is 4. The summed E-state index contributed by atoms with van der Waals surface area (Å²) in [5.74, 6) is 7.65. The highest BCUT2D eigenvalue weighted by atomic mass is 15.1. The fourth-order valence-electron chi connectivity index (χ4n) is 1.11. The van der Waals surface area contributed by atoms with Crippen LogP contribution in [0.5, 0.6) is 0 Å². The van der Waals surface area contributed by atoms with E-state index in [-0.39, 0.29) is 0 Å². The third-order valence-electron chi connectivity index (χ3n) is 2.06. The van der Waals surface area contributed by atoms with Crippen LogP contribution in [0.15, 0.2) is 0 Å². The van der Waals surface area contributed by atoms with Crippen molar-refractivity contribution >= 4 is 0 Å². The van der Waals surface area contributed by atoms with E-state index in [1.807, 2.05) is 0 Å². The van der Waals surface area contributed by atoms with Crippen LogP contribution in [0.2, 0.25) is 0 Å². The number of nitrogens with zero attached hydrogens (tertiary/aromatic N) is 1. The Morgan fingerprint density at radius 1 is 1.23 bits per heavy atom. The Hall–Kier alpha value is -0.480. The van der Waals surface area contributed by atoms with Gasteiger partial charge in [-0.1, -0.05) is 46.0 Å². The lowest BCUT2D eigenvalue weighted by Gasteiger charge is -2.17. The minimum atomic E-state index is 0.497. The van der Waals surface area contributed by atoms with E-state index in [1.165, 1.54) is 6.42 Å². The van der Waals surface area contributed by atoms with Gasteiger partial charge in [-0.3, -0.25) is 4.90 Å². The van der Waals surface area contributed by atoms with Crippen LogP contribution >= 0.6 is 0 Å². The normalized spacial score (nSPS) is 12.8. The van der Waals surface area contributed by atoms with E-state index in [9.17, 15) is 0 Å². The van der Waals surface area contributed by atoms with E-state index in [1.54, 1.807) is 0 Å². The van der Waals surface area contributed by atoms with Crippen LogP contribution < -0.4 is 0 Å². The second kappa shape index (κ2) is 6.97. The molecule has 13 heavy (non-hydrogen) atoms. The highest BCUT2D eigenvalue weighted by Crippen LogP contribution is 2.01. The van der Waals surface area contributed by atoms with Crippen molar-refractivity contribution in [2.24, 2.45) is 11.8 Å². The van der Waals surface area contributed by atoms with E-state index in [4.69, 9.17) is 0 Å². The van der Waals surface area contributed by atoms with E-state index in [0.29, 0.717) is 5.92 Å². The van der Waals surface area contributed by atoms with E-state index in [2.05, 4.69) is 51.5 Å². The Balaban J connectivity index is 3.64. The molecule has 1 heteroatoms. The SMILES string of the molecule is CCC(C)CN(C)CC#CC(C)C. The molecule has 0 aliphatic rings. The van der Waals surface area contributed by atoms with Gasteiger partial charge in [0.15, 0.2) is 0 Å². The van der Waals surface area contributed by atoms with Gasteiger partial charge in [0.25, 0.3) is 0 Å². The summed E-state index contributed by atoms with van der Waals surface area (Å²) in [7, 11) is 2.14. The molecule has 0 bridgehead atoms. The highest BCUT2D eigenvalue weighted by molar-refractivity contribution is 5.02. The Morgan fingerprint density at radius 2 is 1.85 bits per heavy atom. The second-order valence-corrected chi connectivity index (χ2v) is 4.19. The summed E-state index contributed by atoms with van der Waals surface area (Å²) in [6, 6.07) is 0. The molecule has 0 aromatic carbocycles. The molecule has 0 saturated carbocycles. The molecular weight excluding hydrogens is 158 g/mol. The van der Waals surface area contributed by atoms with Crippen molar-refractivity contribution in [3.8, 4) is 11.8 Å². The Kier molecular flexibility index (Phi) is 6.72. The van der Waals surface area contributed by atoms with Crippen LogP contribution in [0.4, 0.5) is 0 Å². The van der Waals surface area contributed by atoms with Crippen molar-refractivity contribution in [2.45, 2.75) is 34.1 Å². The smallest absolute Gasteiger partial charge is 0.0599 e. The van der Waals surface area contributed by atoms with Crippen LogP contribution in [-0.4, -0.2) is 25.0 Å². The van der Waals surface area contributed by atoms with Crippen molar-refractivity contribution in [1.29, 1.82) is 0 Å². The van der Waals surface area contributed by atoms with Crippen molar-refractivity contribution in [3.63, 3.8) is 0 Å². The van der Waals surface area contributed by atoms with Gasteiger partial charge in [0.2, 0.25) is 0 Å². The maximum absolute atomic E-state index is 3.19. The first-order valence-corrected chi connectivity index (χ1v) is 5.23. The summed E-state index contributed by atoms with van der Waals surface area (Å²) in [4.78, 5) is 2.30. The lowest BCUT2D eigenvalue weighted by Crippen LogP contribution is -2.24. The van der Waals surface area contributed by atoms with Gasteiger partial charge in [-0.15, -0.1) is 0 Å². The fourth-order valence-corrected chi connectivity index (χ4v) is 1.11. The monoisotopic (exact) mass is 181 g/mol. The molecule has 0 saturated heterocycles. The maximum Gasteiger partial charge on any atom is 0.0599 e. The van der Waals surface area contributed by atoms with Gasteiger partial charge < -0.3 is 0 Å². The Morgan fingerprint density at radius 3 is 2.31 bits per heavy atom. The largest absolute Gasteiger partial charge is 0.295 e. The van der Waals surface area contributed by atoms with Gasteiger partial charge in [0.05, 0.1) is 6.54 Å². The van der Waals surface area contributed by atoms with Crippen molar-refractivity contribution in [2.75, 3.05) is 20.1 Å². The molecule has 0 aromatic heterocycles. The fraction of sp³-hybridized carbons (Fsp3) is 0.833. The predicted octanol–water partition coefficient (Wildman–Crippen LogP) is 2.62. The molecule has 0 fully saturated rings. The zero-order valence-electron chi connectivity index (χ0n) is 9.72. The molecule has 0 aliphatic carbocycles. The minimum Gasteiger partial charge on any atom is -0.295 e. The Bertz CT molecular complexity index is 173. The first kappa shape index (κ1) is 12.5. The molecule has 1 atom stereocenters. The third-order valence-corrected chi connectivity index (χ3v) is 2.06. The van der Waals surface area contributed by atoms with Gasteiger partial charge in [-0.2, -0.15) is 0 Å². The lowest BCUT2D eigenvalue weighted by molar-refractivity contribution is 0.311. The summed E-state index contributed by atoms with van der Waals surface area (Å²) in [6.07, 6.45) is 1.25. The highest BCUT2D eigenvalue weighted by Gasteiger charge is 2.01. The molecule has 0 radical (unpaired) electrons. The van der Waals surface area contributed by atoms with Crippen LogP contribution in [0.3, 0.4) is 0 Å². The summed E-state index contributed by atoms with van der Waals surface area (Å²) >= 11 is 0. The third kappa shape index (κ3) is 7.87. The van der Waals surface area contributed by atoms with Gasteiger partial charge in [-0.05, 0) is 13.0 Å². The molecule has 0 aliphatic heterocycles. The summed E-state index contributed by atoms with van der Waals surface area (Å²) in [6.45, 7) is 10.8. The van der Waals surface area contributed by atoms with E-state index < -0.39 is 0 Å². The van der Waals surface area contributed by atoms with Gasteiger partial charge in [-0.25, -0.2) is 0 Å². The molecule has 0 N–H and O–H groups in total. The molecular formula is C12H23N. The number of hydrogen-bond acceptors (Lipinski definition) is 1. The van der Waals surface area contributed by atoms with Crippen molar-refractivity contribution < 1.29 is 0 Å². The molecule has 1 nitrogen and oxygen atoms in total. The molecule has 1 unspecified atom stereocenters. The Labute approximate surface area is 83.5 Å². The van der Waals surface area contributed by atoms with Crippen LogP contribution in [0.1, 0.15) is 34.1 Å². The first-order valence-electron chi connectivity index (χ1n) is 5.23. The van der Waals surface area contributed by atoms with Crippen LogP contribution in [-0.2, 0) is 0 Å². The van der Waals surface area contributed by atoms with E-state index in [0.717, 1.165) is 19.0 Å². The quantitative estimate of drug-likeness (QED) is 0.603. The van der Waals surface area contributed by atoms with Gasteiger partial charge in [0, 0.05) is 12.5 Å². The molecule has 0 aromatic rings. The molecule has 0 amide bonds. The second-order valence-electron chi connectivity index (χ2n) is 4.19. The summed E-state index contributed by atoms with van der Waals surface area (Å²) in [5.41, 5.74) is 0. The molecule has 0 heterocycles. The minimum absolute atomic E-state index is 0.497. The summed E-state index contributed by atoms with van der Waals surface area (Å²) in [5, 5.41) is 0. The standard InChI is InChI=1S/C12H23N/c1-6-12(4)10-13(5)9-7-8-11(2)3/h11-12H,6,9-10H2,1-5H3. The predicted molar refractivity (Wildman–Crippen MR) is 59.6 cm³/mol. The first-order chi connectivity index (χ1) is 6.06. The summed E-state index contributed by atoms with van der Waals surface area (Å²) < 4.78 is 0. The van der Waals surface area contributed by atoms with Gasteiger partial charge >= 0.3 is 0 Å². The zero-order valence-corrected chi connectivity index (χ0v) is 9.72. The van der Waals surface area contributed by atoms with Crippen molar-refractivity contribution in [3.05, 3.63) is 0 Å². The molecule has 0 spiro atoms. The average molecular weight is 181 g/mol. The topological polar surface area (TPSA) is 3.24 Å². The number of hydrogen-bond donors (Lipinski definition) is 0. The maximum atomic E-state index is 3.19. The average Bonchev–Trinajstić information content (AvgIpc) is 2.03.